The molecule has 0 saturated carbocycles. The van der Waals surface area contributed by atoms with Crippen molar-refractivity contribution in [1.82, 2.24) is 9.97 Å². The summed E-state index contributed by atoms with van der Waals surface area (Å²) >= 11 is 12.3. The summed E-state index contributed by atoms with van der Waals surface area (Å²) in [6, 6.07) is 7.31. The minimum atomic E-state index is -0.369. The van der Waals surface area contributed by atoms with Crippen LogP contribution in [-0.2, 0) is 6.61 Å². The second kappa shape index (κ2) is 8.67. The second-order valence-corrected chi connectivity index (χ2v) is 6.92. The topological polar surface area (TPSA) is 47.4 Å². The van der Waals surface area contributed by atoms with Crippen molar-refractivity contribution < 1.29 is 9.13 Å². The summed E-state index contributed by atoms with van der Waals surface area (Å²) in [6.07, 6.45) is 4.59. The van der Waals surface area contributed by atoms with Gasteiger partial charge in [-0.05, 0) is 32.9 Å². The van der Waals surface area contributed by atoms with Gasteiger partial charge in [0.15, 0.2) is 0 Å². The van der Waals surface area contributed by atoms with E-state index < -0.39 is 0 Å². The maximum absolute atomic E-state index is 14.1. The molecule has 7 heteroatoms. The zero-order valence-corrected chi connectivity index (χ0v) is 17.1. The van der Waals surface area contributed by atoms with Gasteiger partial charge < -0.3 is 4.74 Å². The highest BCUT2D eigenvalue weighted by Crippen LogP contribution is 2.34. The molecule has 3 aromatic rings. The van der Waals surface area contributed by atoms with Crippen LogP contribution in [-0.4, -0.2) is 16.2 Å². The van der Waals surface area contributed by atoms with Gasteiger partial charge in [-0.25, -0.2) is 9.37 Å². The van der Waals surface area contributed by atoms with Gasteiger partial charge in [0.25, 0.3) is 0 Å². The highest BCUT2D eigenvalue weighted by molar-refractivity contribution is 6.35. The van der Waals surface area contributed by atoms with E-state index in [1.807, 2.05) is 25.1 Å². The first kappa shape index (κ1) is 20.2. The molecule has 2 aromatic heterocycles. The fourth-order valence-electron chi connectivity index (χ4n) is 2.86. The van der Waals surface area contributed by atoms with Crippen molar-refractivity contribution >= 4 is 46.0 Å². The van der Waals surface area contributed by atoms with Crippen LogP contribution < -0.4 is 4.74 Å². The quantitative estimate of drug-likeness (QED) is 0.440. The number of hydrogen-bond acceptors (Lipinski definition) is 4. The Bertz CT molecular complexity index is 1070. The highest BCUT2D eigenvalue weighted by atomic mass is 35.5. The average Bonchev–Trinajstić information content (AvgIpc) is 2.65. The Morgan fingerprint density at radius 3 is 2.61 bits per heavy atom. The fraction of sp³-hybridized carbons (Fsp3) is 0.190. The summed E-state index contributed by atoms with van der Waals surface area (Å²) in [4.78, 5) is 12.7. The predicted octanol–water partition coefficient (Wildman–Crippen LogP) is 6.57. The SMILES string of the molecule is CC=N/C(=C(\C)F)c1cc(C)nc2c(OCc3c(Cl)cncc3Cl)cccc12. The van der Waals surface area contributed by atoms with Crippen molar-refractivity contribution in [3.63, 3.8) is 0 Å². The molecule has 0 amide bonds. The molecular weight excluding hydrogens is 400 g/mol. The molecule has 0 N–H and O–H groups in total. The number of hydrogen-bond donors (Lipinski definition) is 0. The molecule has 28 heavy (non-hydrogen) atoms. The summed E-state index contributed by atoms with van der Waals surface area (Å²) in [6.45, 7) is 5.13. The van der Waals surface area contributed by atoms with Gasteiger partial charge in [0.05, 0.1) is 10.0 Å². The molecule has 0 radical (unpaired) electrons. The van der Waals surface area contributed by atoms with E-state index >= 15 is 0 Å². The van der Waals surface area contributed by atoms with Crippen LogP contribution in [0.1, 0.15) is 30.7 Å². The summed E-state index contributed by atoms with van der Waals surface area (Å²) in [7, 11) is 0. The molecular formula is C21H18Cl2FN3O. The fourth-order valence-corrected chi connectivity index (χ4v) is 3.34. The predicted molar refractivity (Wildman–Crippen MR) is 113 cm³/mol. The molecule has 0 fully saturated rings. The number of rotatable bonds is 5. The lowest BCUT2D eigenvalue weighted by molar-refractivity contribution is 0.309. The zero-order chi connectivity index (χ0) is 20.3. The summed E-state index contributed by atoms with van der Waals surface area (Å²) in [5.74, 6) is 0.175. The molecule has 4 nitrogen and oxygen atoms in total. The number of nitrogens with zero attached hydrogens (tertiary/aromatic N) is 3. The van der Waals surface area contributed by atoms with E-state index in [1.165, 1.54) is 19.3 Å². The Labute approximate surface area is 172 Å². The average molecular weight is 418 g/mol. The highest BCUT2D eigenvalue weighted by Gasteiger charge is 2.15. The monoisotopic (exact) mass is 417 g/mol. The molecule has 0 bridgehead atoms. The molecule has 2 heterocycles. The first-order chi connectivity index (χ1) is 13.4. The van der Waals surface area contributed by atoms with Crippen molar-refractivity contribution in [3.8, 4) is 5.75 Å². The second-order valence-electron chi connectivity index (χ2n) is 6.10. The van der Waals surface area contributed by atoms with Crippen LogP contribution in [0.4, 0.5) is 4.39 Å². The van der Waals surface area contributed by atoms with Crippen molar-refractivity contribution in [2.75, 3.05) is 0 Å². The summed E-state index contributed by atoms with van der Waals surface area (Å²) in [5, 5.41) is 1.59. The van der Waals surface area contributed by atoms with Gasteiger partial charge in [-0.3, -0.25) is 9.98 Å². The van der Waals surface area contributed by atoms with Gasteiger partial charge in [0, 0.05) is 40.8 Å². The first-order valence-corrected chi connectivity index (χ1v) is 9.34. The van der Waals surface area contributed by atoms with E-state index in [9.17, 15) is 4.39 Å². The van der Waals surface area contributed by atoms with Crippen LogP contribution in [0.15, 0.2) is 47.5 Å². The van der Waals surface area contributed by atoms with Crippen LogP contribution >= 0.6 is 23.2 Å². The van der Waals surface area contributed by atoms with Crippen LogP contribution in [0, 0.1) is 6.92 Å². The number of aliphatic imine (C=N–C) groups is 1. The van der Waals surface area contributed by atoms with Gasteiger partial charge in [-0.15, -0.1) is 0 Å². The molecule has 144 valence electrons. The number of aromatic nitrogens is 2. The number of para-hydroxylation sites is 1. The third kappa shape index (κ3) is 4.16. The standard InChI is InChI=1S/C21H18Cl2FN3O/c1-4-26-20(13(3)24)15-8-12(2)27-21-14(15)6-5-7-19(21)28-11-16-17(22)9-25-10-18(16)23/h4-10H,11H2,1-3H3/b20-13+,26-4?. The van der Waals surface area contributed by atoms with Crippen molar-refractivity contribution in [2.45, 2.75) is 27.4 Å². The minimum absolute atomic E-state index is 0.155. The Morgan fingerprint density at radius 2 is 1.96 bits per heavy atom. The zero-order valence-electron chi connectivity index (χ0n) is 15.6. The number of fused-ring (bicyclic) bond motifs is 1. The molecule has 0 unspecified atom stereocenters. The lowest BCUT2D eigenvalue weighted by Crippen LogP contribution is -2.00. The van der Waals surface area contributed by atoms with Gasteiger partial charge in [-0.2, -0.15) is 0 Å². The largest absolute Gasteiger partial charge is 0.487 e. The Kier molecular flexibility index (Phi) is 6.27. The van der Waals surface area contributed by atoms with Gasteiger partial charge in [0.2, 0.25) is 0 Å². The Hall–Kier alpha value is -2.50. The van der Waals surface area contributed by atoms with Crippen molar-refractivity contribution in [1.29, 1.82) is 0 Å². The third-order valence-corrected chi connectivity index (χ3v) is 4.75. The third-order valence-electron chi connectivity index (χ3n) is 4.09. The summed E-state index contributed by atoms with van der Waals surface area (Å²) < 4.78 is 20.1. The molecule has 0 spiro atoms. The molecule has 0 aliphatic carbocycles. The van der Waals surface area contributed by atoms with Crippen LogP contribution in [0.2, 0.25) is 10.0 Å². The Balaban J connectivity index is 2.10. The van der Waals surface area contributed by atoms with E-state index in [2.05, 4.69) is 15.0 Å². The number of pyridine rings is 2. The van der Waals surface area contributed by atoms with Crippen LogP contribution in [0.5, 0.6) is 5.75 Å². The Morgan fingerprint density at radius 1 is 1.25 bits per heavy atom. The van der Waals surface area contributed by atoms with Crippen molar-refractivity contribution in [2.24, 2.45) is 4.99 Å². The number of benzene rings is 1. The van der Waals surface area contributed by atoms with Gasteiger partial charge in [0.1, 0.15) is 29.4 Å². The lowest BCUT2D eigenvalue weighted by Gasteiger charge is -2.14. The van der Waals surface area contributed by atoms with Crippen LogP contribution in [0.25, 0.3) is 16.6 Å². The smallest absolute Gasteiger partial charge is 0.146 e. The van der Waals surface area contributed by atoms with E-state index in [1.54, 1.807) is 19.2 Å². The molecule has 0 saturated heterocycles. The minimum Gasteiger partial charge on any atom is -0.487 e. The molecule has 0 aliphatic heterocycles. The van der Waals surface area contributed by atoms with Crippen molar-refractivity contribution in [3.05, 3.63) is 69.4 Å². The maximum atomic E-state index is 14.1. The number of halogens is 3. The normalized spacial score (nSPS) is 12.5. The van der Waals surface area contributed by atoms with E-state index in [-0.39, 0.29) is 18.1 Å². The van der Waals surface area contributed by atoms with Crippen LogP contribution in [0.3, 0.4) is 0 Å². The maximum Gasteiger partial charge on any atom is 0.146 e. The summed E-state index contributed by atoms with van der Waals surface area (Å²) in [5.41, 5.74) is 2.91. The van der Waals surface area contributed by atoms with Gasteiger partial charge in [-0.1, -0.05) is 35.3 Å². The molecule has 0 atom stereocenters. The van der Waals surface area contributed by atoms with E-state index in [4.69, 9.17) is 27.9 Å². The van der Waals surface area contributed by atoms with E-state index in [0.717, 1.165) is 11.1 Å². The lowest BCUT2D eigenvalue weighted by atomic mass is 10.0. The molecule has 0 aliphatic rings. The van der Waals surface area contributed by atoms with Gasteiger partial charge >= 0.3 is 0 Å². The van der Waals surface area contributed by atoms with E-state index in [0.29, 0.717) is 32.4 Å². The first-order valence-electron chi connectivity index (χ1n) is 8.58. The molecule has 1 aromatic carbocycles. The number of ether oxygens (including phenoxy) is 1. The number of allylic oxidation sites excluding steroid dienone is 1. The molecule has 3 rings (SSSR count). The number of aryl methyl sites for hydroxylation is 1.